The van der Waals surface area contributed by atoms with E-state index >= 15 is 0 Å². The van der Waals surface area contributed by atoms with Crippen LogP contribution in [0.2, 0.25) is 0 Å². The number of hydrogen-bond acceptors (Lipinski definition) is 2. The van der Waals surface area contributed by atoms with E-state index in [9.17, 15) is 0 Å². The zero-order valence-corrected chi connectivity index (χ0v) is 13.2. The highest BCUT2D eigenvalue weighted by atomic mass is 16.5. The summed E-state index contributed by atoms with van der Waals surface area (Å²) in [5.41, 5.74) is 0.492. The highest BCUT2D eigenvalue weighted by Crippen LogP contribution is 2.36. The van der Waals surface area contributed by atoms with Crippen LogP contribution in [0.25, 0.3) is 0 Å². The SMILES string of the molecule is CC(C)(C)C1CCCC(NCC2CCCOC2)CC1. The Balaban J connectivity index is 1.70. The Morgan fingerprint density at radius 1 is 1.00 bits per heavy atom. The second-order valence-corrected chi connectivity index (χ2v) is 7.76. The second-order valence-electron chi connectivity index (χ2n) is 7.76. The molecular weight excluding hydrogens is 234 g/mol. The minimum atomic E-state index is 0.492. The van der Waals surface area contributed by atoms with Crippen molar-refractivity contribution < 1.29 is 4.74 Å². The molecule has 2 fully saturated rings. The quantitative estimate of drug-likeness (QED) is 0.780. The molecule has 1 N–H and O–H groups in total. The largest absolute Gasteiger partial charge is 0.381 e. The van der Waals surface area contributed by atoms with Crippen molar-refractivity contribution in [3.8, 4) is 0 Å². The van der Waals surface area contributed by atoms with Crippen LogP contribution in [0.15, 0.2) is 0 Å². The van der Waals surface area contributed by atoms with Gasteiger partial charge < -0.3 is 10.1 Å². The lowest BCUT2D eigenvalue weighted by molar-refractivity contribution is 0.0535. The summed E-state index contributed by atoms with van der Waals surface area (Å²) in [7, 11) is 0. The van der Waals surface area contributed by atoms with E-state index in [0.29, 0.717) is 5.41 Å². The van der Waals surface area contributed by atoms with Gasteiger partial charge in [0.2, 0.25) is 0 Å². The van der Waals surface area contributed by atoms with Gasteiger partial charge in [-0.15, -0.1) is 0 Å². The van der Waals surface area contributed by atoms with Gasteiger partial charge in [-0.1, -0.05) is 27.2 Å². The second kappa shape index (κ2) is 7.08. The maximum Gasteiger partial charge on any atom is 0.0506 e. The van der Waals surface area contributed by atoms with Gasteiger partial charge in [-0.05, 0) is 55.8 Å². The van der Waals surface area contributed by atoms with Crippen molar-refractivity contribution in [3.63, 3.8) is 0 Å². The van der Waals surface area contributed by atoms with E-state index in [1.54, 1.807) is 0 Å². The van der Waals surface area contributed by atoms with Crippen LogP contribution in [0, 0.1) is 17.3 Å². The summed E-state index contributed by atoms with van der Waals surface area (Å²) in [6.07, 6.45) is 9.58. The van der Waals surface area contributed by atoms with Gasteiger partial charge in [0, 0.05) is 19.2 Å². The Bertz CT molecular complexity index is 252. The molecule has 1 saturated carbocycles. The predicted molar refractivity (Wildman–Crippen MR) is 81.4 cm³/mol. The average Bonchev–Trinajstić information content (AvgIpc) is 2.62. The normalized spacial score (nSPS) is 33.9. The van der Waals surface area contributed by atoms with Crippen molar-refractivity contribution in [2.24, 2.45) is 17.3 Å². The van der Waals surface area contributed by atoms with Crippen molar-refractivity contribution in [3.05, 3.63) is 0 Å². The molecule has 2 rings (SSSR count). The Kier molecular flexibility index (Phi) is 5.70. The van der Waals surface area contributed by atoms with Crippen LogP contribution >= 0.6 is 0 Å². The summed E-state index contributed by atoms with van der Waals surface area (Å²) in [5, 5.41) is 3.82. The fourth-order valence-corrected chi connectivity index (χ4v) is 3.67. The first kappa shape index (κ1) is 15.3. The predicted octanol–water partition coefficient (Wildman–Crippen LogP) is 4.00. The highest BCUT2D eigenvalue weighted by Gasteiger charge is 2.27. The standard InChI is InChI=1S/C17H33NO/c1-17(2,3)15-7-4-8-16(10-9-15)18-12-14-6-5-11-19-13-14/h14-16,18H,4-13H2,1-3H3. The molecule has 0 bridgehead atoms. The van der Waals surface area contributed by atoms with Crippen molar-refractivity contribution in [1.29, 1.82) is 0 Å². The summed E-state index contributed by atoms with van der Waals surface area (Å²) in [4.78, 5) is 0. The molecule has 1 saturated heterocycles. The fourth-order valence-electron chi connectivity index (χ4n) is 3.67. The lowest BCUT2D eigenvalue weighted by Gasteiger charge is -2.30. The third-order valence-electron chi connectivity index (χ3n) is 5.14. The maximum atomic E-state index is 5.57. The van der Waals surface area contributed by atoms with E-state index in [1.807, 2.05) is 0 Å². The van der Waals surface area contributed by atoms with Gasteiger partial charge in [-0.25, -0.2) is 0 Å². The smallest absolute Gasteiger partial charge is 0.0506 e. The topological polar surface area (TPSA) is 21.3 Å². The molecule has 1 heterocycles. The molecule has 0 radical (unpaired) electrons. The first-order valence-electron chi connectivity index (χ1n) is 8.37. The average molecular weight is 267 g/mol. The van der Waals surface area contributed by atoms with E-state index in [0.717, 1.165) is 31.1 Å². The van der Waals surface area contributed by atoms with Crippen LogP contribution in [0.5, 0.6) is 0 Å². The molecule has 0 amide bonds. The summed E-state index contributed by atoms with van der Waals surface area (Å²) >= 11 is 0. The molecule has 112 valence electrons. The minimum Gasteiger partial charge on any atom is -0.381 e. The third kappa shape index (κ3) is 5.07. The monoisotopic (exact) mass is 267 g/mol. The summed E-state index contributed by atoms with van der Waals surface area (Å²) in [6.45, 7) is 10.3. The van der Waals surface area contributed by atoms with Gasteiger partial charge in [-0.3, -0.25) is 0 Å². The number of rotatable bonds is 3. The molecule has 19 heavy (non-hydrogen) atoms. The van der Waals surface area contributed by atoms with Crippen molar-refractivity contribution in [2.45, 2.75) is 71.8 Å². The minimum absolute atomic E-state index is 0.492. The maximum absolute atomic E-state index is 5.57. The fraction of sp³-hybridized carbons (Fsp3) is 1.00. The molecule has 2 nitrogen and oxygen atoms in total. The molecular formula is C17H33NO. The molecule has 1 aliphatic carbocycles. The Labute approximate surface area is 119 Å². The zero-order chi connectivity index (χ0) is 13.7. The van der Waals surface area contributed by atoms with Crippen LogP contribution in [0.3, 0.4) is 0 Å². The Morgan fingerprint density at radius 3 is 2.53 bits per heavy atom. The molecule has 3 unspecified atom stereocenters. The van der Waals surface area contributed by atoms with Gasteiger partial charge in [0.05, 0.1) is 6.61 Å². The lowest BCUT2D eigenvalue weighted by Crippen LogP contribution is -2.36. The van der Waals surface area contributed by atoms with Crippen LogP contribution in [-0.2, 0) is 4.74 Å². The first-order chi connectivity index (χ1) is 9.05. The van der Waals surface area contributed by atoms with Gasteiger partial charge in [0.15, 0.2) is 0 Å². The summed E-state index contributed by atoms with van der Waals surface area (Å²) in [6, 6.07) is 0.759. The molecule has 2 aliphatic rings. The molecule has 0 aromatic heterocycles. The molecule has 1 aliphatic heterocycles. The van der Waals surface area contributed by atoms with Crippen LogP contribution < -0.4 is 5.32 Å². The number of ether oxygens (including phenoxy) is 1. The van der Waals surface area contributed by atoms with Gasteiger partial charge in [-0.2, -0.15) is 0 Å². The number of nitrogens with one attached hydrogen (secondary N) is 1. The van der Waals surface area contributed by atoms with Crippen LogP contribution in [0.4, 0.5) is 0 Å². The number of hydrogen-bond donors (Lipinski definition) is 1. The van der Waals surface area contributed by atoms with E-state index in [-0.39, 0.29) is 0 Å². The molecule has 0 aromatic rings. The Hall–Kier alpha value is -0.0800. The lowest BCUT2D eigenvalue weighted by atomic mass is 9.76. The molecule has 3 atom stereocenters. The van der Waals surface area contributed by atoms with Gasteiger partial charge in [0.1, 0.15) is 0 Å². The summed E-state index contributed by atoms with van der Waals surface area (Å²) < 4.78 is 5.57. The molecule has 0 spiro atoms. The highest BCUT2D eigenvalue weighted by molar-refractivity contribution is 4.81. The first-order valence-corrected chi connectivity index (χ1v) is 8.37. The molecule has 2 heteroatoms. The Morgan fingerprint density at radius 2 is 1.84 bits per heavy atom. The van der Waals surface area contributed by atoms with Crippen LogP contribution in [0.1, 0.15) is 65.7 Å². The zero-order valence-electron chi connectivity index (χ0n) is 13.2. The molecule has 0 aromatic carbocycles. The van der Waals surface area contributed by atoms with Crippen molar-refractivity contribution in [2.75, 3.05) is 19.8 Å². The van der Waals surface area contributed by atoms with Gasteiger partial charge >= 0.3 is 0 Å². The van der Waals surface area contributed by atoms with E-state index in [1.165, 1.54) is 51.5 Å². The van der Waals surface area contributed by atoms with Crippen molar-refractivity contribution in [1.82, 2.24) is 5.32 Å². The van der Waals surface area contributed by atoms with Crippen LogP contribution in [-0.4, -0.2) is 25.8 Å². The van der Waals surface area contributed by atoms with Gasteiger partial charge in [0.25, 0.3) is 0 Å². The van der Waals surface area contributed by atoms with E-state index in [4.69, 9.17) is 4.74 Å². The van der Waals surface area contributed by atoms with Crippen molar-refractivity contribution >= 4 is 0 Å². The summed E-state index contributed by atoms with van der Waals surface area (Å²) in [5.74, 6) is 1.67. The van der Waals surface area contributed by atoms with E-state index < -0.39 is 0 Å². The van der Waals surface area contributed by atoms with E-state index in [2.05, 4.69) is 26.1 Å². The third-order valence-corrected chi connectivity index (χ3v) is 5.14.